The minimum atomic E-state index is 0.624. The fraction of sp³-hybridized carbons (Fsp3) is 0.727. The van der Waals surface area contributed by atoms with Gasteiger partial charge in [0.1, 0.15) is 0 Å². The van der Waals surface area contributed by atoms with Crippen LogP contribution in [0.1, 0.15) is 38.1 Å². The molecule has 3 nitrogen and oxygen atoms in total. The van der Waals surface area contributed by atoms with Gasteiger partial charge in [0.05, 0.1) is 17.9 Å². The van der Waals surface area contributed by atoms with E-state index in [9.17, 15) is 0 Å². The third-order valence-electron chi connectivity index (χ3n) is 3.86. The van der Waals surface area contributed by atoms with Gasteiger partial charge in [-0.2, -0.15) is 5.10 Å². The van der Waals surface area contributed by atoms with Crippen LogP contribution in [0.15, 0.2) is 12.4 Å². The van der Waals surface area contributed by atoms with Gasteiger partial charge in [0.2, 0.25) is 0 Å². The molecule has 1 aromatic heterocycles. The van der Waals surface area contributed by atoms with Crippen molar-refractivity contribution in [2.24, 2.45) is 11.8 Å². The monoisotopic (exact) mass is 191 g/mol. The lowest BCUT2D eigenvalue weighted by Crippen LogP contribution is -2.19. The molecule has 0 amide bonds. The van der Waals surface area contributed by atoms with Crippen molar-refractivity contribution in [1.29, 1.82) is 0 Å². The molecule has 2 bridgehead atoms. The van der Waals surface area contributed by atoms with Crippen molar-refractivity contribution in [2.75, 3.05) is 5.73 Å². The highest BCUT2D eigenvalue weighted by Crippen LogP contribution is 2.46. The van der Waals surface area contributed by atoms with Crippen LogP contribution < -0.4 is 5.73 Å². The Morgan fingerprint density at radius 3 is 2.50 bits per heavy atom. The van der Waals surface area contributed by atoms with Gasteiger partial charge in [0.15, 0.2) is 0 Å². The SMILES string of the molecule is Nc1cnn(C2C[C@H]3CC[C@@H](C2)C3)c1. The molecule has 0 aromatic carbocycles. The van der Waals surface area contributed by atoms with E-state index in [1.54, 1.807) is 6.20 Å². The van der Waals surface area contributed by atoms with Gasteiger partial charge < -0.3 is 5.73 Å². The van der Waals surface area contributed by atoms with Crippen LogP contribution in [0.4, 0.5) is 5.69 Å². The Balaban J connectivity index is 1.80. The summed E-state index contributed by atoms with van der Waals surface area (Å²) >= 11 is 0. The molecule has 1 aromatic rings. The number of hydrogen-bond donors (Lipinski definition) is 1. The molecule has 0 radical (unpaired) electrons. The number of fused-ring (bicyclic) bond motifs is 2. The second-order valence-corrected chi connectivity index (χ2v) is 4.92. The molecule has 0 aliphatic heterocycles. The molecule has 2 aliphatic rings. The first-order valence-corrected chi connectivity index (χ1v) is 5.61. The summed E-state index contributed by atoms with van der Waals surface area (Å²) in [5.41, 5.74) is 6.48. The maximum Gasteiger partial charge on any atom is 0.0719 e. The molecule has 2 N–H and O–H groups in total. The quantitative estimate of drug-likeness (QED) is 0.739. The second kappa shape index (κ2) is 3.01. The third-order valence-corrected chi connectivity index (χ3v) is 3.86. The van der Waals surface area contributed by atoms with Crippen molar-refractivity contribution in [3.8, 4) is 0 Å². The van der Waals surface area contributed by atoms with Gasteiger partial charge in [-0.3, -0.25) is 4.68 Å². The lowest BCUT2D eigenvalue weighted by molar-refractivity contribution is 0.247. The Labute approximate surface area is 84.3 Å². The number of nitrogens with zero attached hydrogens (tertiary/aromatic N) is 2. The average Bonchev–Trinajstić information content (AvgIpc) is 2.73. The van der Waals surface area contributed by atoms with E-state index in [0.29, 0.717) is 6.04 Å². The minimum Gasteiger partial charge on any atom is -0.396 e. The van der Waals surface area contributed by atoms with Crippen LogP contribution in [0.2, 0.25) is 0 Å². The minimum absolute atomic E-state index is 0.624. The second-order valence-electron chi connectivity index (χ2n) is 4.92. The van der Waals surface area contributed by atoms with E-state index in [0.717, 1.165) is 17.5 Å². The standard InChI is InChI=1S/C11H17N3/c12-10-6-13-14(7-10)11-4-8-1-2-9(3-8)5-11/h6-9,11H,1-5,12H2/t8-,9+,11?. The normalized spacial score (nSPS) is 36.1. The van der Waals surface area contributed by atoms with Crippen molar-refractivity contribution in [2.45, 2.75) is 38.1 Å². The Bertz CT molecular complexity index is 319. The smallest absolute Gasteiger partial charge is 0.0719 e. The molecule has 3 atom stereocenters. The molecular weight excluding hydrogens is 174 g/mol. The summed E-state index contributed by atoms with van der Waals surface area (Å²) < 4.78 is 2.08. The summed E-state index contributed by atoms with van der Waals surface area (Å²) in [5, 5.41) is 4.33. The molecule has 3 rings (SSSR count). The van der Waals surface area contributed by atoms with Crippen LogP contribution in [0.25, 0.3) is 0 Å². The lowest BCUT2D eigenvalue weighted by atomic mass is 9.85. The van der Waals surface area contributed by atoms with Crippen molar-refractivity contribution >= 4 is 5.69 Å². The predicted octanol–water partition coefficient (Wildman–Crippen LogP) is 2.22. The number of nitrogens with two attached hydrogens (primary N) is 1. The summed E-state index contributed by atoms with van der Waals surface area (Å²) in [6.07, 6.45) is 10.7. The van der Waals surface area contributed by atoms with Gasteiger partial charge in [0, 0.05) is 6.20 Å². The highest BCUT2D eigenvalue weighted by Gasteiger charge is 2.34. The predicted molar refractivity (Wildman–Crippen MR) is 55.7 cm³/mol. The molecule has 2 aliphatic carbocycles. The third kappa shape index (κ3) is 1.31. The van der Waals surface area contributed by atoms with Crippen molar-refractivity contribution < 1.29 is 0 Å². The molecule has 14 heavy (non-hydrogen) atoms. The average molecular weight is 191 g/mol. The van der Waals surface area contributed by atoms with Crippen LogP contribution in [0.5, 0.6) is 0 Å². The Morgan fingerprint density at radius 2 is 1.93 bits per heavy atom. The van der Waals surface area contributed by atoms with Gasteiger partial charge in [-0.05, 0) is 31.1 Å². The molecule has 2 saturated carbocycles. The highest BCUT2D eigenvalue weighted by molar-refractivity contribution is 5.30. The molecule has 1 unspecified atom stereocenters. The van der Waals surface area contributed by atoms with E-state index in [4.69, 9.17) is 5.73 Å². The molecule has 3 heteroatoms. The maximum absolute atomic E-state index is 5.69. The summed E-state index contributed by atoms with van der Waals surface area (Å²) in [4.78, 5) is 0. The summed E-state index contributed by atoms with van der Waals surface area (Å²) in [5.74, 6) is 1.92. The number of anilines is 1. The summed E-state index contributed by atoms with van der Waals surface area (Å²) in [7, 11) is 0. The maximum atomic E-state index is 5.69. The topological polar surface area (TPSA) is 43.8 Å². The number of hydrogen-bond acceptors (Lipinski definition) is 2. The van der Waals surface area contributed by atoms with E-state index in [1.165, 1.54) is 32.1 Å². The summed E-state index contributed by atoms with van der Waals surface area (Å²) in [6, 6.07) is 0.624. The van der Waals surface area contributed by atoms with E-state index in [-0.39, 0.29) is 0 Å². The van der Waals surface area contributed by atoms with Crippen LogP contribution in [-0.4, -0.2) is 9.78 Å². The van der Waals surface area contributed by atoms with E-state index < -0.39 is 0 Å². The summed E-state index contributed by atoms with van der Waals surface area (Å²) in [6.45, 7) is 0. The van der Waals surface area contributed by atoms with Gasteiger partial charge >= 0.3 is 0 Å². The first-order chi connectivity index (χ1) is 6.81. The zero-order valence-electron chi connectivity index (χ0n) is 8.39. The Morgan fingerprint density at radius 1 is 1.21 bits per heavy atom. The van der Waals surface area contributed by atoms with E-state index in [1.807, 2.05) is 6.20 Å². The fourth-order valence-corrected chi connectivity index (χ4v) is 3.24. The first kappa shape index (κ1) is 8.33. The largest absolute Gasteiger partial charge is 0.396 e. The van der Waals surface area contributed by atoms with Crippen LogP contribution in [0, 0.1) is 11.8 Å². The van der Waals surface area contributed by atoms with E-state index in [2.05, 4.69) is 9.78 Å². The van der Waals surface area contributed by atoms with Gasteiger partial charge in [-0.15, -0.1) is 0 Å². The van der Waals surface area contributed by atoms with Crippen molar-refractivity contribution in [3.63, 3.8) is 0 Å². The Kier molecular flexibility index (Phi) is 1.79. The zero-order chi connectivity index (χ0) is 9.54. The van der Waals surface area contributed by atoms with Crippen molar-refractivity contribution in [1.82, 2.24) is 9.78 Å². The van der Waals surface area contributed by atoms with Crippen LogP contribution >= 0.6 is 0 Å². The first-order valence-electron chi connectivity index (χ1n) is 5.61. The Hall–Kier alpha value is -0.990. The van der Waals surface area contributed by atoms with E-state index >= 15 is 0 Å². The van der Waals surface area contributed by atoms with Gasteiger partial charge in [0.25, 0.3) is 0 Å². The number of nitrogen functional groups attached to an aromatic ring is 1. The molecule has 0 spiro atoms. The van der Waals surface area contributed by atoms with Crippen LogP contribution in [0.3, 0.4) is 0 Å². The number of rotatable bonds is 1. The molecule has 0 saturated heterocycles. The van der Waals surface area contributed by atoms with Crippen LogP contribution in [-0.2, 0) is 0 Å². The molecule has 2 fully saturated rings. The molecular formula is C11H17N3. The lowest BCUT2D eigenvalue weighted by Gasteiger charge is -2.27. The molecule has 76 valence electrons. The number of aromatic nitrogens is 2. The molecule has 1 heterocycles. The van der Waals surface area contributed by atoms with Gasteiger partial charge in [-0.1, -0.05) is 12.8 Å². The van der Waals surface area contributed by atoms with Crippen molar-refractivity contribution in [3.05, 3.63) is 12.4 Å². The fourth-order valence-electron chi connectivity index (χ4n) is 3.24. The zero-order valence-corrected chi connectivity index (χ0v) is 8.39. The van der Waals surface area contributed by atoms with Gasteiger partial charge in [-0.25, -0.2) is 0 Å². The highest BCUT2D eigenvalue weighted by atomic mass is 15.3.